The van der Waals surface area contributed by atoms with Crippen LogP contribution in [0.5, 0.6) is 11.5 Å². The zero-order chi connectivity index (χ0) is 24.5. The molecule has 1 heterocycles. The Kier molecular flexibility index (Phi) is 6.39. The highest BCUT2D eigenvalue weighted by Crippen LogP contribution is 2.51. The minimum Gasteiger partial charge on any atom is -0.497 e. The number of rotatable bonds is 7. The van der Waals surface area contributed by atoms with Gasteiger partial charge in [0.2, 0.25) is 5.91 Å². The number of halogens is 1. The molecule has 1 N–H and O–H groups in total. The van der Waals surface area contributed by atoms with E-state index in [1.54, 1.807) is 25.3 Å². The van der Waals surface area contributed by atoms with Crippen LogP contribution in [0, 0.1) is 5.92 Å². The van der Waals surface area contributed by atoms with E-state index in [1.807, 2.05) is 47.4 Å². The van der Waals surface area contributed by atoms with Crippen LogP contribution < -0.4 is 9.47 Å². The predicted octanol–water partition coefficient (Wildman–Crippen LogP) is 5.09. The summed E-state index contributed by atoms with van der Waals surface area (Å²) in [5.41, 5.74) is 3.96. The zero-order valence-corrected chi connectivity index (χ0v) is 20.1. The monoisotopic (exact) mass is 491 g/mol. The number of methoxy groups -OCH3 is 1. The molecule has 3 atom stereocenters. The van der Waals surface area contributed by atoms with Crippen molar-refractivity contribution >= 4 is 23.5 Å². The molecule has 0 aromatic heterocycles. The van der Waals surface area contributed by atoms with E-state index >= 15 is 0 Å². The summed E-state index contributed by atoms with van der Waals surface area (Å²) in [7, 11) is 1.64. The van der Waals surface area contributed by atoms with Crippen LogP contribution in [0.25, 0.3) is 0 Å². The molecule has 0 saturated heterocycles. The van der Waals surface area contributed by atoms with Crippen molar-refractivity contribution in [3.05, 3.63) is 94.0 Å². The van der Waals surface area contributed by atoms with E-state index in [0.29, 0.717) is 22.9 Å². The third kappa shape index (κ3) is 4.71. The highest BCUT2D eigenvalue weighted by atomic mass is 35.5. The normalized spacial score (nSPS) is 20.6. The van der Waals surface area contributed by atoms with Crippen LogP contribution in [0.3, 0.4) is 0 Å². The summed E-state index contributed by atoms with van der Waals surface area (Å²) in [5.74, 6) is 0.249. The summed E-state index contributed by atoms with van der Waals surface area (Å²) in [6, 6.07) is 20.6. The summed E-state index contributed by atoms with van der Waals surface area (Å²) < 4.78 is 11.0. The van der Waals surface area contributed by atoms with Gasteiger partial charge in [0.05, 0.1) is 13.2 Å². The maximum absolute atomic E-state index is 13.9. The number of fused-ring (bicyclic) bond motifs is 1. The van der Waals surface area contributed by atoms with Crippen LogP contribution in [-0.4, -0.2) is 42.1 Å². The van der Waals surface area contributed by atoms with Gasteiger partial charge >= 0.3 is 5.97 Å². The van der Waals surface area contributed by atoms with Gasteiger partial charge in [-0.1, -0.05) is 48.0 Å². The number of hydrogen-bond acceptors (Lipinski definition) is 4. The Labute approximate surface area is 209 Å². The molecule has 3 aromatic carbocycles. The number of carbonyl (C=O) groups is 2. The van der Waals surface area contributed by atoms with Crippen molar-refractivity contribution < 1.29 is 24.2 Å². The number of carbonyl (C=O) groups excluding carboxylic acids is 1. The lowest BCUT2D eigenvalue weighted by Crippen LogP contribution is -2.41. The van der Waals surface area contributed by atoms with Crippen molar-refractivity contribution in [2.24, 2.45) is 5.92 Å². The highest BCUT2D eigenvalue weighted by molar-refractivity contribution is 6.30. The van der Waals surface area contributed by atoms with Crippen molar-refractivity contribution in [2.45, 2.75) is 24.8 Å². The fourth-order valence-electron chi connectivity index (χ4n) is 5.06. The van der Waals surface area contributed by atoms with Crippen LogP contribution in [0.1, 0.15) is 40.6 Å². The number of hydrogen-bond donors (Lipinski definition) is 1. The molecule has 3 unspecified atom stereocenters. The Bertz CT molecular complexity index is 1280. The van der Waals surface area contributed by atoms with E-state index in [0.717, 1.165) is 35.3 Å². The molecule has 180 valence electrons. The zero-order valence-electron chi connectivity index (χ0n) is 19.3. The van der Waals surface area contributed by atoms with Crippen molar-refractivity contribution in [1.82, 2.24) is 4.90 Å². The molecule has 3 aromatic rings. The van der Waals surface area contributed by atoms with Crippen molar-refractivity contribution in [1.29, 1.82) is 0 Å². The van der Waals surface area contributed by atoms with E-state index in [1.165, 1.54) is 0 Å². The highest BCUT2D eigenvalue weighted by Gasteiger charge is 2.48. The Morgan fingerprint density at radius 3 is 2.69 bits per heavy atom. The van der Waals surface area contributed by atoms with Gasteiger partial charge in [0.15, 0.2) is 6.61 Å². The molecule has 35 heavy (non-hydrogen) atoms. The summed E-state index contributed by atoms with van der Waals surface area (Å²) in [4.78, 5) is 27.0. The molecule has 0 radical (unpaired) electrons. The van der Waals surface area contributed by atoms with E-state index in [9.17, 15) is 9.59 Å². The number of carboxylic acids is 1. The molecule has 1 fully saturated rings. The van der Waals surface area contributed by atoms with E-state index < -0.39 is 18.6 Å². The van der Waals surface area contributed by atoms with E-state index in [-0.39, 0.29) is 17.7 Å². The second-order valence-electron chi connectivity index (χ2n) is 8.97. The molecule has 1 amide bonds. The summed E-state index contributed by atoms with van der Waals surface area (Å²) in [5, 5.41) is 9.66. The molecule has 7 heteroatoms. The standard InChI is InChI=1S/C28H26ClNO5/c1-34-20-7-4-6-18(13-20)22-15-23(22)28(33)30-12-11-17-5-2-3-8-21(17)27(30)24-14-19(29)9-10-25(24)35-16-26(31)32/h2-10,13-14,22-23,27H,11-12,15-16H2,1H3,(H,31,32). The molecule has 2 aliphatic rings. The number of ether oxygens (including phenoxy) is 2. The Morgan fingerprint density at radius 2 is 1.89 bits per heavy atom. The average Bonchev–Trinajstić information content (AvgIpc) is 3.68. The molecule has 1 aliphatic carbocycles. The third-order valence-electron chi connectivity index (χ3n) is 6.81. The fraction of sp³-hybridized carbons (Fsp3) is 0.286. The first-order valence-corrected chi connectivity index (χ1v) is 12.0. The molecule has 1 aliphatic heterocycles. The van der Waals surface area contributed by atoms with Crippen LogP contribution in [0.2, 0.25) is 5.02 Å². The number of carboxylic acid groups (broad SMARTS) is 1. The van der Waals surface area contributed by atoms with Gasteiger partial charge in [-0.15, -0.1) is 0 Å². The number of benzene rings is 3. The van der Waals surface area contributed by atoms with Crippen molar-refractivity contribution in [3.63, 3.8) is 0 Å². The molecule has 5 rings (SSSR count). The number of nitrogens with zero attached hydrogens (tertiary/aromatic N) is 1. The van der Waals surface area contributed by atoms with Crippen LogP contribution in [-0.2, 0) is 16.0 Å². The Balaban J connectivity index is 1.50. The summed E-state index contributed by atoms with van der Waals surface area (Å²) >= 11 is 6.37. The predicted molar refractivity (Wildman–Crippen MR) is 132 cm³/mol. The lowest BCUT2D eigenvalue weighted by molar-refractivity contribution is -0.139. The third-order valence-corrected chi connectivity index (χ3v) is 7.05. The Hall–Kier alpha value is -3.51. The lowest BCUT2D eigenvalue weighted by Gasteiger charge is -2.38. The van der Waals surface area contributed by atoms with Gasteiger partial charge in [-0.3, -0.25) is 4.79 Å². The van der Waals surface area contributed by atoms with Gasteiger partial charge < -0.3 is 19.5 Å². The quantitative estimate of drug-likeness (QED) is 0.498. The maximum Gasteiger partial charge on any atom is 0.341 e. The topological polar surface area (TPSA) is 76.1 Å². The molecular weight excluding hydrogens is 466 g/mol. The second-order valence-corrected chi connectivity index (χ2v) is 9.41. The average molecular weight is 492 g/mol. The largest absolute Gasteiger partial charge is 0.497 e. The fourth-order valence-corrected chi connectivity index (χ4v) is 5.25. The van der Waals surface area contributed by atoms with Gasteiger partial charge in [0.25, 0.3) is 0 Å². The molecule has 1 saturated carbocycles. The summed E-state index contributed by atoms with van der Waals surface area (Å²) in [6.07, 6.45) is 1.54. The first-order valence-electron chi connectivity index (χ1n) is 11.6. The summed E-state index contributed by atoms with van der Waals surface area (Å²) in [6.45, 7) is 0.0875. The molecular formula is C28H26ClNO5. The van der Waals surface area contributed by atoms with Gasteiger partial charge in [-0.25, -0.2) is 4.79 Å². The smallest absolute Gasteiger partial charge is 0.341 e. The van der Waals surface area contributed by atoms with Crippen molar-refractivity contribution in [3.8, 4) is 11.5 Å². The minimum absolute atomic E-state index is 0.0847. The first kappa shape index (κ1) is 23.2. The SMILES string of the molecule is COc1cccc(C2CC2C(=O)N2CCc3ccccc3C2c2cc(Cl)ccc2OCC(=O)O)c1. The van der Waals surface area contributed by atoms with Crippen LogP contribution in [0.4, 0.5) is 0 Å². The first-order chi connectivity index (χ1) is 17.0. The van der Waals surface area contributed by atoms with E-state index in [2.05, 4.69) is 6.07 Å². The molecule has 0 spiro atoms. The van der Waals surface area contributed by atoms with Gasteiger partial charge in [-0.05, 0) is 65.8 Å². The molecule has 0 bridgehead atoms. The molecule has 6 nitrogen and oxygen atoms in total. The Morgan fingerprint density at radius 1 is 1.06 bits per heavy atom. The number of amides is 1. The second kappa shape index (κ2) is 9.62. The van der Waals surface area contributed by atoms with E-state index in [4.69, 9.17) is 26.2 Å². The van der Waals surface area contributed by atoms with Gasteiger partial charge in [-0.2, -0.15) is 0 Å². The van der Waals surface area contributed by atoms with Gasteiger partial charge in [0.1, 0.15) is 11.5 Å². The lowest BCUT2D eigenvalue weighted by atomic mass is 9.87. The number of aliphatic carboxylic acids is 1. The van der Waals surface area contributed by atoms with Gasteiger partial charge in [0, 0.05) is 23.0 Å². The van der Waals surface area contributed by atoms with Crippen LogP contribution >= 0.6 is 11.6 Å². The minimum atomic E-state index is -1.07. The van der Waals surface area contributed by atoms with Crippen LogP contribution in [0.15, 0.2) is 66.7 Å². The maximum atomic E-state index is 13.9. The van der Waals surface area contributed by atoms with Crippen molar-refractivity contribution in [2.75, 3.05) is 20.3 Å².